The van der Waals surface area contributed by atoms with Crippen molar-refractivity contribution in [2.45, 2.75) is 6.92 Å². The zero-order valence-electron chi connectivity index (χ0n) is 3.60. The Morgan fingerprint density at radius 1 is 2.00 bits per heavy atom. The van der Waals surface area contributed by atoms with Gasteiger partial charge in [0, 0.05) is 0 Å². The maximum absolute atomic E-state index is 9.24. The van der Waals surface area contributed by atoms with Gasteiger partial charge in [-0.2, -0.15) is 4.58 Å². The first-order chi connectivity index (χ1) is 2.81. The van der Waals surface area contributed by atoms with Crippen LogP contribution in [-0.2, 0) is 4.58 Å². The molecule has 3 heteroatoms. The maximum Gasteiger partial charge on any atom is 0.339 e. The molecule has 0 aromatic carbocycles. The van der Waals surface area contributed by atoms with Gasteiger partial charge in [0.2, 0.25) is 0 Å². The van der Waals surface area contributed by atoms with E-state index in [-0.39, 0.29) is 6.54 Å². The van der Waals surface area contributed by atoms with E-state index in [0.717, 1.165) is 0 Å². The molecule has 0 aromatic heterocycles. The molecule has 0 heterocycles. The average molecular weight is 89.1 g/mol. The molecule has 0 fully saturated rings. The van der Waals surface area contributed by atoms with Crippen LogP contribution in [0.25, 0.3) is 0 Å². The van der Waals surface area contributed by atoms with Gasteiger partial charge in [0.05, 0.1) is 6.92 Å². The normalized spacial score (nSPS) is 12.0. The summed E-state index contributed by atoms with van der Waals surface area (Å²) in [6.45, 7) is 1.75. The van der Waals surface area contributed by atoms with E-state index in [2.05, 4.69) is 4.58 Å². The fourth-order valence-electron chi connectivity index (χ4n) is 0.0340. The lowest BCUT2D eigenvalue weighted by Gasteiger charge is -1.74. The smallest absolute Gasteiger partial charge is 0.339 e. The Labute approximate surface area is 36.0 Å². The van der Waals surface area contributed by atoms with Crippen molar-refractivity contribution < 1.29 is 9.83 Å². The van der Waals surface area contributed by atoms with Crippen LogP contribution in [0.2, 0.25) is 0 Å². The van der Waals surface area contributed by atoms with Gasteiger partial charge in [0.15, 0.2) is 0 Å². The van der Waals surface area contributed by atoms with E-state index in [1.54, 1.807) is 0 Å². The summed E-state index contributed by atoms with van der Waals surface area (Å²) in [5.41, 5.74) is 4.92. The predicted molar refractivity (Wildman–Crippen MR) is 19.7 cm³/mol. The SMILES string of the molecule is CC(CN)=[O+][O-]. The van der Waals surface area contributed by atoms with E-state index in [4.69, 9.17) is 5.73 Å². The lowest BCUT2D eigenvalue weighted by molar-refractivity contribution is -1.05. The Balaban J connectivity index is 3.22. The van der Waals surface area contributed by atoms with Crippen LogP contribution in [0.1, 0.15) is 6.92 Å². The molecule has 0 bridgehead atoms. The van der Waals surface area contributed by atoms with Crippen LogP contribution >= 0.6 is 0 Å². The van der Waals surface area contributed by atoms with E-state index in [1.165, 1.54) is 6.92 Å². The first kappa shape index (κ1) is 5.43. The van der Waals surface area contributed by atoms with Crippen molar-refractivity contribution in [2.75, 3.05) is 6.54 Å². The van der Waals surface area contributed by atoms with E-state index < -0.39 is 0 Å². The van der Waals surface area contributed by atoms with Crippen LogP contribution in [0.4, 0.5) is 0 Å². The number of nitrogens with two attached hydrogens (primary N) is 1. The Hall–Kier alpha value is -0.570. The maximum atomic E-state index is 9.24. The van der Waals surface area contributed by atoms with Crippen molar-refractivity contribution in [1.29, 1.82) is 0 Å². The molecule has 0 aromatic rings. The van der Waals surface area contributed by atoms with Crippen molar-refractivity contribution in [2.24, 2.45) is 5.73 Å². The highest BCUT2D eigenvalue weighted by Gasteiger charge is 1.91. The molecule has 0 spiro atoms. The number of rotatable bonds is 1. The molecule has 6 heavy (non-hydrogen) atoms. The van der Waals surface area contributed by atoms with Gasteiger partial charge in [-0.1, -0.05) is 0 Å². The van der Waals surface area contributed by atoms with Crippen LogP contribution < -0.4 is 11.0 Å². The Morgan fingerprint density at radius 2 is 2.50 bits per heavy atom. The molecule has 0 radical (unpaired) electrons. The largest absolute Gasteiger partial charge is 0.463 e. The van der Waals surface area contributed by atoms with E-state index in [9.17, 15) is 5.26 Å². The van der Waals surface area contributed by atoms with Crippen molar-refractivity contribution in [1.82, 2.24) is 0 Å². The van der Waals surface area contributed by atoms with Gasteiger partial charge in [-0.3, -0.25) is 0 Å². The molecular weight excluding hydrogens is 82.0 g/mol. The van der Waals surface area contributed by atoms with Crippen LogP contribution in [0, 0.1) is 0 Å². The molecular formula is C3H7NO2. The second-order valence-corrected chi connectivity index (χ2v) is 0.989. The van der Waals surface area contributed by atoms with Crippen molar-refractivity contribution in [3.05, 3.63) is 0 Å². The van der Waals surface area contributed by atoms with Gasteiger partial charge in [-0.05, 0) is 0 Å². The summed E-state index contributed by atoms with van der Waals surface area (Å²) < 4.78 is 3.44. The number of hydrogen-bond acceptors (Lipinski definition) is 2. The molecule has 0 amide bonds. The monoisotopic (exact) mass is 89.0 g/mol. The van der Waals surface area contributed by atoms with Crippen LogP contribution in [0.3, 0.4) is 0 Å². The predicted octanol–water partition coefficient (Wildman–Crippen LogP) is -1.65. The van der Waals surface area contributed by atoms with Gasteiger partial charge < -0.3 is 11.0 Å². The zero-order valence-corrected chi connectivity index (χ0v) is 3.60. The molecule has 0 unspecified atom stereocenters. The molecule has 0 aliphatic heterocycles. The van der Waals surface area contributed by atoms with E-state index in [1.807, 2.05) is 0 Å². The fraction of sp³-hybridized carbons (Fsp3) is 0.667. The Morgan fingerprint density at radius 3 is 2.50 bits per heavy atom. The molecule has 0 saturated heterocycles. The van der Waals surface area contributed by atoms with Crippen LogP contribution in [0.5, 0.6) is 0 Å². The Kier molecular flexibility index (Phi) is 2.40. The van der Waals surface area contributed by atoms with Gasteiger partial charge in [-0.15, -0.1) is 0 Å². The lowest BCUT2D eigenvalue weighted by Crippen LogP contribution is -2.16. The molecule has 0 saturated carbocycles. The summed E-state index contributed by atoms with van der Waals surface area (Å²) in [5, 5.41) is 9.24. The standard InChI is InChI=1S/C3H7NO2/c1-3(2-4)6-5/h2,4H2,1H3. The van der Waals surface area contributed by atoms with E-state index in [0.29, 0.717) is 5.78 Å². The van der Waals surface area contributed by atoms with Crippen LogP contribution in [-0.4, -0.2) is 12.3 Å². The highest BCUT2D eigenvalue weighted by atomic mass is 17.1. The summed E-state index contributed by atoms with van der Waals surface area (Å²) >= 11 is 0. The third-order valence-corrected chi connectivity index (χ3v) is 0.430. The summed E-state index contributed by atoms with van der Waals surface area (Å²) in [6, 6.07) is 0. The molecule has 2 N–H and O–H groups in total. The summed E-state index contributed by atoms with van der Waals surface area (Å²) in [6.07, 6.45) is 0. The molecule has 3 nitrogen and oxygen atoms in total. The second kappa shape index (κ2) is 2.66. The molecule has 36 valence electrons. The minimum Gasteiger partial charge on any atom is -0.463 e. The fourth-order valence-corrected chi connectivity index (χ4v) is 0.0340. The third-order valence-electron chi connectivity index (χ3n) is 0.430. The van der Waals surface area contributed by atoms with Crippen molar-refractivity contribution in [3.8, 4) is 0 Å². The lowest BCUT2D eigenvalue weighted by atomic mass is 10.5. The number of hydrogen-bond donors (Lipinski definition) is 1. The minimum atomic E-state index is 0.212. The van der Waals surface area contributed by atoms with Gasteiger partial charge in [-0.25, -0.2) is 0 Å². The molecule has 0 rings (SSSR count). The zero-order chi connectivity index (χ0) is 4.99. The highest BCUT2D eigenvalue weighted by Crippen LogP contribution is 1.55. The third kappa shape index (κ3) is 1.72. The summed E-state index contributed by atoms with van der Waals surface area (Å²) in [4.78, 5) is 0. The first-order valence-electron chi connectivity index (χ1n) is 1.63. The minimum absolute atomic E-state index is 0.212. The highest BCUT2D eigenvalue weighted by molar-refractivity contribution is 5.77. The molecule has 0 aliphatic carbocycles. The Bertz CT molecular complexity index is 59.8. The number of carbonyl (C=O) groups excluding carboxylic acids is 1. The van der Waals surface area contributed by atoms with Crippen molar-refractivity contribution >= 4 is 5.78 Å². The average Bonchev–Trinajstić information content (AvgIpc) is 1.65. The first-order valence-corrected chi connectivity index (χ1v) is 1.63. The summed E-state index contributed by atoms with van der Waals surface area (Å²) in [7, 11) is 0. The molecule has 0 aliphatic rings. The molecule has 0 atom stereocenters. The second-order valence-electron chi connectivity index (χ2n) is 0.989. The van der Waals surface area contributed by atoms with Crippen molar-refractivity contribution in [3.63, 3.8) is 0 Å². The van der Waals surface area contributed by atoms with E-state index >= 15 is 0 Å². The van der Waals surface area contributed by atoms with Gasteiger partial charge in [0.25, 0.3) is 0 Å². The van der Waals surface area contributed by atoms with Crippen LogP contribution in [0.15, 0.2) is 0 Å². The van der Waals surface area contributed by atoms with Gasteiger partial charge in [0.1, 0.15) is 6.54 Å². The number of ketones is 1. The summed E-state index contributed by atoms with van der Waals surface area (Å²) in [5.74, 6) is 0.315. The van der Waals surface area contributed by atoms with Gasteiger partial charge >= 0.3 is 5.78 Å². The quantitative estimate of drug-likeness (QED) is 0.237. The topological polar surface area (TPSA) is 60.4 Å².